The molecule has 0 atom stereocenters. The Bertz CT molecular complexity index is 1190. The van der Waals surface area contributed by atoms with Gasteiger partial charge in [0.1, 0.15) is 11.5 Å². The molecule has 1 radical (unpaired) electrons. The van der Waals surface area contributed by atoms with Crippen LogP contribution in [0.25, 0.3) is 0 Å². The van der Waals surface area contributed by atoms with Crippen molar-refractivity contribution in [2.75, 3.05) is 10.6 Å². The minimum absolute atomic E-state index is 0.0486. The topological polar surface area (TPSA) is 119 Å². The molecular formula is C23H21N6O3. The summed E-state index contributed by atoms with van der Waals surface area (Å²) in [4.78, 5) is 32.4. The van der Waals surface area contributed by atoms with E-state index in [1.54, 1.807) is 36.5 Å². The van der Waals surface area contributed by atoms with Crippen molar-refractivity contribution in [3.8, 4) is 5.75 Å². The molecule has 9 heteroatoms. The van der Waals surface area contributed by atoms with Gasteiger partial charge in [-0.25, -0.2) is 9.78 Å². The number of nitrogens with zero attached hydrogens (tertiary/aromatic N) is 3. The lowest BCUT2D eigenvalue weighted by molar-refractivity contribution is 0.0917. The largest absolute Gasteiger partial charge is 0.439 e. The fraction of sp³-hybridized carbons (Fsp3) is 0.217. The van der Waals surface area contributed by atoms with Crippen molar-refractivity contribution in [3.05, 3.63) is 59.8 Å². The zero-order chi connectivity index (χ0) is 22.1. The normalized spacial score (nSPS) is 14.6. The number of fused-ring (bicyclic) bond motifs is 1. The average molecular weight is 429 g/mol. The van der Waals surface area contributed by atoms with E-state index >= 15 is 0 Å². The van der Waals surface area contributed by atoms with E-state index in [1.807, 2.05) is 19.1 Å². The first-order valence-electron chi connectivity index (χ1n) is 10.4. The second-order valence-corrected chi connectivity index (χ2v) is 7.82. The SMILES string of the molecule is Cc1cnc(Nc2ccc(C(=O)NC3CCC3)cc2)nc1Nc1ccc2c(c1)[N]C(=O)O2. The van der Waals surface area contributed by atoms with Gasteiger partial charge in [-0.3, -0.25) is 4.79 Å². The number of ether oxygens (including phenoxy) is 1. The second kappa shape index (κ2) is 8.18. The Morgan fingerprint density at radius 3 is 2.59 bits per heavy atom. The van der Waals surface area contributed by atoms with E-state index in [2.05, 4.69) is 31.2 Å². The van der Waals surface area contributed by atoms with E-state index in [0.717, 1.165) is 29.8 Å². The summed E-state index contributed by atoms with van der Waals surface area (Å²) in [5.74, 6) is 1.41. The van der Waals surface area contributed by atoms with Gasteiger partial charge < -0.3 is 20.7 Å². The third-order valence-corrected chi connectivity index (χ3v) is 5.45. The Morgan fingerprint density at radius 2 is 1.84 bits per heavy atom. The van der Waals surface area contributed by atoms with Crippen molar-refractivity contribution in [2.24, 2.45) is 0 Å². The van der Waals surface area contributed by atoms with Gasteiger partial charge >= 0.3 is 6.09 Å². The standard InChI is InChI=1S/C23H21N6O3/c1-13-12-24-22(27-16-7-5-14(6-8-16)21(30)26-15-3-2-4-15)29-20(13)25-17-9-10-19-18(11-17)28-23(31)32-19/h5-12,15H,2-4H2,1H3,(H,26,30)(H2,24,25,27,29). The van der Waals surface area contributed by atoms with Gasteiger partial charge in [0.2, 0.25) is 5.95 Å². The van der Waals surface area contributed by atoms with Crippen LogP contribution in [0, 0.1) is 6.92 Å². The summed E-state index contributed by atoms with van der Waals surface area (Å²) >= 11 is 0. The molecule has 2 heterocycles. The van der Waals surface area contributed by atoms with Gasteiger partial charge in [-0.2, -0.15) is 10.3 Å². The molecule has 2 aliphatic rings. The van der Waals surface area contributed by atoms with Crippen LogP contribution in [0.15, 0.2) is 48.7 Å². The van der Waals surface area contributed by atoms with Gasteiger partial charge in [0.25, 0.3) is 5.91 Å². The summed E-state index contributed by atoms with van der Waals surface area (Å²) in [5.41, 5.74) is 3.45. The van der Waals surface area contributed by atoms with Crippen molar-refractivity contribution in [1.29, 1.82) is 0 Å². The van der Waals surface area contributed by atoms with E-state index < -0.39 is 6.09 Å². The maximum absolute atomic E-state index is 12.3. The van der Waals surface area contributed by atoms with Gasteiger partial charge in [0, 0.05) is 34.7 Å². The molecule has 9 nitrogen and oxygen atoms in total. The molecule has 1 aromatic heterocycles. The highest BCUT2D eigenvalue weighted by atomic mass is 16.6. The summed E-state index contributed by atoms with van der Waals surface area (Å²) in [6.45, 7) is 1.89. The molecule has 1 fully saturated rings. The molecule has 0 saturated heterocycles. The van der Waals surface area contributed by atoms with Crippen molar-refractivity contribution in [1.82, 2.24) is 20.6 Å². The molecule has 1 saturated carbocycles. The van der Waals surface area contributed by atoms with Crippen LogP contribution >= 0.6 is 0 Å². The fourth-order valence-corrected chi connectivity index (χ4v) is 3.40. The summed E-state index contributed by atoms with van der Waals surface area (Å²) < 4.78 is 4.98. The molecule has 0 unspecified atom stereocenters. The number of aromatic nitrogens is 2. The van der Waals surface area contributed by atoms with Crippen LogP contribution < -0.4 is 26.0 Å². The van der Waals surface area contributed by atoms with Crippen LogP contribution in [0.4, 0.5) is 33.6 Å². The first-order valence-corrected chi connectivity index (χ1v) is 10.4. The van der Waals surface area contributed by atoms with Crippen molar-refractivity contribution >= 4 is 40.8 Å². The summed E-state index contributed by atoms with van der Waals surface area (Å²) in [6, 6.07) is 12.7. The Morgan fingerprint density at radius 1 is 1.06 bits per heavy atom. The zero-order valence-electron chi connectivity index (χ0n) is 17.4. The Balaban J connectivity index is 1.27. The third kappa shape index (κ3) is 4.18. The smallest absolute Gasteiger partial charge is 0.406 e. The molecule has 32 heavy (non-hydrogen) atoms. The molecule has 161 valence electrons. The molecule has 0 bridgehead atoms. The van der Waals surface area contributed by atoms with Crippen LogP contribution in [0.5, 0.6) is 5.75 Å². The van der Waals surface area contributed by atoms with E-state index in [-0.39, 0.29) is 5.91 Å². The van der Waals surface area contributed by atoms with Crippen LogP contribution in [-0.4, -0.2) is 28.0 Å². The van der Waals surface area contributed by atoms with Crippen molar-refractivity contribution in [3.63, 3.8) is 0 Å². The summed E-state index contributed by atoms with van der Waals surface area (Å²) in [7, 11) is 0. The van der Waals surface area contributed by atoms with Crippen LogP contribution in [0.2, 0.25) is 0 Å². The van der Waals surface area contributed by atoms with E-state index in [4.69, 9.17) is 4.74 Å². The lowest BCUT2D eigenvalue weighted by Crippen LogP contribution is -2.39. The number of anilines is 4. The number of carbonyl (C=O) groups excluding carboxylic acids is 2. The molecule has 2 amide bonds. The Kier molecular flexibility index (Phi) is 5.06. The van der Waals surface area contributed by atoms with Crippen LogP contribution in [0.3, 0.4) is 0 Å². The average Bonchev–Trinajstić information content (AvgIpc) is 3.13. The Hall–Kier alpha value is -4.14. The summed E-state index contributed by atoms with van der Waals surface area (Å²) in [5, 5.41) is 13.2. The molecule has 0 spiro atoms. The number of benzene rings is 2. The van der Waals surface area contributed by atoms with Crippen LogP contribution in [-0.2, 0) is 0 Å². The lowest BCUT2D eigenvalue weighted by atomic mass is 9.93. The highest BCUT2D eigenvalue weighted by Gasteiger charge is 2.22. The Labute approximate surface area is 184 Å². The van der Waals surface area contributed by atoms with E-state index in [1.165, 1.54) is 6.42 Å². The van der Waals surface area contributed by atoms with Gasteiger partial charge in [0.15, 0.2) is 5.75 Å². The first kappa shape index (κ1) is 19.8. The van der Waals surface area contributed by atoms with Crippen LogP contribution in [0.1, 0.15) is 35.2 Å². The lowest BCUT2D eigenvalue weighted by Gasteiger charge is -2.26. The number of carbonyl (C=O) groups is 2. The number of rotatable bonds is 6. The van der Waals surface area contributed by atoms with Gasteiger partial charge in [-0.15, -0.1) is 0 Å². The monoisotopic (exact) mass is 429 g/mol. The number of aryl methyl sites for hydroxylation is 1. The summed E-state index contributed by atoms with van der Waals surface area (Å²) in [6.07, 6.45) is 4.38. The third-order valence-electron chi connectivity index (χ3n) is 5.45. The second-order valence-electron chi connectivity index (χ2n) is 7.82. The van der Waals surface area contributed by atoms with E-state index in [0.29, 0.717) is 34.8 Å². The number of nitrogens with one attached hydrogen (secondary N) is 3. The number of hydrogen-bond donors (Lipinski definition) is 3. The van der Waals surface area contributed by atoms with Gasteiger partial charge in [-0.05, 0) is 68.7 Å². The first-order chi connectivity index (χ1) is 15.5. The quantitative estimate of drug-likeness (QED) is 0.534. The van der Waals surface area contributed by atoms with Crippen molar-refractivity contribution in [2.45, 2.75) is 32.2 Å². The molecule has 2 aromatic carbocycles. The van der Waals surface area contributed by atoms with Gasteiger partial charge in [0.05, 0.1) is 0 Å². The maximum atomic E-state index is 12.3. The predicted molar refractivity (Wildman–Crippen MR) is 119 cm³/mol. The number of amides is 2. The predicted octanol–water partition coefficient (Wildman–Crippen LogP) is 4.30. The molecule has 1 aliphatic heterocycles. The zero-order valence-corrected chi connectivity index (χ0v) is 17.4. The van der Waals surface area contributed by atoms with Gasteiger partial charge in [-0.1, -0.05) is 0 Å². The minimum atomic E-state index is -0.617. The molecule has 5 rings (SSSR count). The molecule has 3 N–H and O–H groups in total. The highest BCUT2D eigenvalue weighted by molar-refractivity contribution is 5.94. The highest BCUT2D eigenvalue weighted by Crippen LogP contribution is 2.34. The van der Waals surface area contributed by atoms with Crippen molar-refractivity contribution < 1.29 is 14.3 Å². The minimum Gasteiger partial charge on any atom is -0.406 e. The fourth-order valence-electron chi connectivity index (χ4n) is 3.40. The molecule has 3 aromatic rings. The maximum Gasteiger partial charge on any atom is 0.439 e. The molecular weight excluding hydrogens is 408 g/mol. The van der Waals surface area contributed by atoms with E-state index in [9.17, 15) is 9.59 Å². The number of hydrogen-bond acceptors (Lipinski definition) is 7. The molecule has 1 aliphatic carbocycles.